The number of hydrogen-bond acceptors (Lipinski definition) is 11. The van der Waals surface area contributed by atoms with E-state index in [0.717, 1.165) is 103 Å². The first-order valence-corrected chi connectivity index (χ1v) is 14.2. The first-order valence-electron chi connectivity index (χ1n) is 13.8. The van der Waals surface area contributed by atoms with Crippen LogP contribution in [0, 0.1) is 0 Å². The smallest absolute Gasteiger partial charge is 0.229 e. The number of piperidine rings is 1. The summed E-state index contributed by atoms with van der Waals surface area (Å²) in [6, 6.07) is 0. The Morgan fingerprint density at radius 1 is 0.649 bits per heavy atom. The molecule has 0 bridgehead atoms. The van der Waals surface area contributed by atoms with Crippen molar-refractivity contribution in [3.8, 4) is 0 Å². The fourth-order valence-electron chi connectivity index (χ4n) is 5.19. The molecule has 0 spiro atoms. The Balaban J connectivity index is 1.30. The van der Waals surface area contributed by atoms with Crippen LogP contribution >= 0.6 is 11.6 Å². The largest absolute Gasteiger partial charge is 0.367 e. The van der Waals surface area contributed by atoms with Gasteiger partial charge in [0.15, 0.2) is 28.0 Å². The minimum absolute atomic E-state index is 0.363. The second-order valence-corrected chi connectivity index (χ2v) is 11.0. The molecule has 3 saturated heterocycles. The topological polar surface area (TPSA) is 91.8 Å². The van der Waals surface area contributed by atoms with Crippen molar-refractivity contribution in [2.45, 2.75) is 19.3 Å². The van der Waals surface area contributed by atoms with E-state index in [1.165, 1.54) is 19.3 Å². The maximum atomic E-state index is 6.61. The van der Waals surface area contributed by atoms with E-state index in [1.54, 1.807) is 0 Å². The van der Waals surface area contributed by atoms with Gasteiger partial charge in [0.1, 0.15) is 0 Å². The van der Waals surface area contributed by atoms with E-state index in [9.17, 15) is 0 Å². The highest BCUT2D eigenvalue weighted by molar-refractivity contribution is 6.32. The highest BCUT2D eigenvalue weighted by Gasteiger charge is 2.20. The molecule has 37 heavy (non-hydrogen) atoms. The maximum absolute atomic E-state index is 6.61. The summed E-state index contributed by atoms with van der Waals surface area (Å²) in [5, 5.41) is 7.31. The van der Waals surface area contributed by atoms with E-state index in [-0.39, 0.29) is 0 Å². The summed E-state index contributed by atoms with van der Waals surface area (Å²) in [4.78, 5) is 31.2. The Kier molecular flexibility index (Phi) is 9.09. The molecule has 2 aromatic rings. The molecule has 0 radical (unpaired) electrons. The molecule has 11 nitrogen and oxygen atoms in total. The minimum atomic E-state index is 0.363. The zero-order chi connectivity index (χ0) is 25.6. The third-order valence-corrected chi connectivity index (χ3v) is 8.01. The van der Waals surface area contributed by atoms with Crippen LogP contribution in [0.3, 0.4) is 0 Å². The van der Waals surface area contributed by atoms with E-state index < -0.39 is 0 Å². The van der Waals surface area contributed by atoms with Crippen LogP contribution in [0.25, 0.3) is 11.2 Å². The summed E-state index contributed by atoms with van der Waals surface area (Å²) in [7, 11) is 4.36. The van der Waals surface area contributed by atoms with Crippen molar-refractivity contribution in [1.82, 2.24) is 39.5 Å². The molecule has 3 aliphatic rings. The molecule has 204 valence electrons. The molecular formula is C25H42ClN11. The summed E-state index contributed by atoms with van der Waals surface area (Å²) in [5.41, 5.74) is 1.22. The summed E-state index contributed by atoms with van der Waals surface area (Å²) in [6.07, 6.45) is 3.59. The van der Waals surface area contributed by atoms with Crippen molar-refractivity contribution >= 4 is 40.3 Å². The molecule has 2 N–H and O–H groups in total. The van der Waals surface area contributed by atoms with E-state index in [1.807, 2.05) is 0 Å². The fourth-order valence-corrected chi connectivity index (χ4v) is 5.39. The zero-order valence-electron chi connectivity index (χ0n) is 22.4. The van der Waals surface area contributed by atoms with Gasteiger partial charge in [-0.15, -0.1) is 0 Å². The van der Waals surface area contributed by atoms with Crippen LogP contribution in [0.5, 0.6) is 0 Å². The third kappa shape index (κ3) is 7.08. The van der Waals surface area contributed by atoms with Gasteiger partial charge in [-0.2, -0.15) is 9.97 Å². The number of hydrogen-bond donors (Lipinski definition) is 2. The summed E-state index contributed by atoms with van der Waals surface area (Å²) < 4.78 is 0. The van der Waals surface area contributed by atoms with Crippen LogP contribution in [-0.2, 0) is 0 Å². The average Bonchev–Trinajstić information content (AvgIpc) is 2.92. The fraction of sp³-hybridized carbons (Fsp3) is 0.760. The Bertz CT molecular complexity index is 1020. The first kappa shape index (κ1) is 26.6. The summed E-state index contributed by atoms with van der Waals surface area (Å²) >= 11 is 6.61. The highest BCUT2D eigenvalue weighted by atomic mass is 35.5. The van der Waals surface area contributed by atoms with Crippen molar-refractivity contribution in [3.05, 3.63) is 5.15 Å². The molecule has 5 rings (SSSR count). The van der Waals surface area contributed by atoms with Crippen molar-refractivity contribution in [3.63, 3.8) is 0 Å². The molecule has 3 aliphatic heterocycles. The van der Waals surface area contributed by atoms with Gasteiger partial charge >= 0.3 is 0 Å². The first-order chi connectivity index (χ1) is 18.0. The van der Waals surface area contributed by atoms with Gasteiger partial charge in [-0.1, -0.05) is 11.6 Å². The van der Waals surface area contributed by atoms with E-state index >= 15 is 0 Å². The molecule has 0 aliphatic carbocycles. The van der Waals surface area contributed by atoms with Crippen molar-refractivity contribution < 1.29 is 0 Å². The normalized spacial score (nSPS) is 21.0. The molecule has 0 unspecified atom stereocenters. The van der Waals surface area contributed by atoms with Gasteiger partial charge in [0, 0.05) is 91.6 Å². The number of anilines is 3. The molecule has 0 saturated carbocycles. The number of nitrogens with one attached hydrogen (secondary N) is 2. The van der Waals surface area contributed by atoms with Gasteiger partial charge in [0.05, 0.1) is 0 Å². The number of rotatable bonds is 9. The average molecular weight is 532 g/mol. The summed E-state index contributed by atoms with van der Waals surface area (Å²) in [6.45, 7) is 14.2. The van der Waals surface area contributed by atoms with Gasteiger partial charge in [0.2, 0.25) is 5.95 Å². The third-order valence-electron chi connectivity index (χ3n) is 7.75. The van der Waals surface area contributed by atoms with Crippen LogP contribution in [0.1, 0.15) is 19.3 Å². The maximum Gasteiger partial charge on any atom is 0.229 e. The lowest BCUT2D eigenvalue weighted by atomic mass is 10.1. The highest BCUT2D eigenvalue weighted by Crippen LogP contribution is 2.27. The minimum Gasteiger partial charge on any atom is -0.367 e. The van der Waals surface area contributed by atoms with Crippen LogP contribution in [0.15, 0.2) is 0 Å². The molecule has 2 aromatic heterocycles. The Morgan fingerprint density at radius 2 is 1.22 bits per heavy atom. The number of likely N-dealkylation sites (N-methyl/N-ethyl adjacent to an activating group) is 2. The predicted octanol–water partition coefficient (Wildman–Crippen LogP) is 1.38. The number of nitrogens with zero attached hydrogens (tertiary/aromatic N) is 9. The molecule has 3 fully saturated rings. The second-order valence-electron chi connectivity index (χ2n) is 10.6. The molecule has 12 heteroatoms. The Hall–Kier alpha value is -2.05. The molecule has 0 amide bonds. The monoisotopic (exact) mass is 531 g/mol. The number of piperazine rings is 2. The second kappa shape index (κ2) is 12.7. The van der Waals surface area contributed by atoms with Crippen LogP contribution in [-0.4, -0.2) is 145 Å². The quantitative estimate of drug-likeness (QED) is 0.491. The van der Waals surface area contributed by atoms with E-state index in [4.69, 9.17) is 31.5 Å². The van der Waals surface area contributed by atoms with Crippen LogP contribution < -0.4 is 15.5 Å². The van der Waals surface area contributed by atoms with Crippen LogP contribution in [0.2, 0.25) is 5.15 Å². The lowest BCUT2D eigenvalue weighted by Gasteiger charge is -2.32. The lowest BCUT2D eigenvalue weighted by molar-refractivity contribution is 0.158. The van der Waals surface area contributed by atoms with E-state index in [0.29, 0.717) is 22.1 Å². The lowest BCUT2D eigenvalue weighted by Crippen LogP contribution is -2.45. The van der Waals surface area contributed by atoms with Gasteiger partial charge in [0.25, 0.3) is 0 Å². The predicted molar refractivity (Wildman–Crippen MR) is 151 cm³/mol. The Morgan fingerprint density at radius 3 is 1.81 bits per heavy atom. The van der Waals surface area contributed by atoms with Crippen molar-refractivity contribution in [2.24, 2.45) is 0 Å². The molecule has 5 heterocycles. The SMILES string of the molecule is CN1CCN(CCNc2nc3nc(N4CCCCC4)nc(NCCN4CCN(C)CC4)c3nc2Cl)CC1. The number of aromatic nitrogens is 4. The van der Waals surface area contributed by atoms with Crippen LogP contribution in [0.4, 0.5) is 17.6 Å². The molecule has 0 aromatic carbocycles. The standard InChI is InChI=1S/C25H42ClN11/c1-33-12-16-35(17-13-33)10-6-27-22-20-23(32-25(31-22)37-8-4-3-5-9-37)30-24(21(26)29-20)28-7-11-36-18-14-34(2)15-19-36/h3-19H2,1-2H3,(H2,27,28,30,31,32). The van der Waals surface area contributed by atoms with Gasteiger partial charge in [-0.25, -0.2) is 9.97 Å². The van der Waals surface area contributed by atoms with Gasteiger partial charge in [-0.3, -0.25) is 9.80 Å². The summed E-state index contributed by atoms with van der Waals surface area (Å²) in [5.74, 6) is 2.04. The number of halogens is 1. The van der Waals surface area contributed by atoms with Crippen molar-refractivity contribution in [1.29, 1.82) is 0 Å². The zero-order valence-corrected chi connectivity index (χ0v) is 23.2. The Labute approximate surface area is 225 Å². The number of fused-ring (bicyclic) bond motifs is 1. The van der Waals surface area contributed by atoms with E-state index in [2.05, 4.69) is 49.2 Å². The van der Waals surface area contributed by atoms with Gasteiger partial charge in [-0.05, 0) is 33.4 Å². The van der Waals surface area contributed by atoms with Crippen molar-refractivity contribution in [2.75, 3.05) is 121 Å². The molecular weight excluding hydrogens is 490 g/mol. The van der Waals surface area contributed by atoms with Gasteiger partial charge < -0.3 is 25.3 Å². The molecule has 0 atom stereocenters.